The van der Waals surface area contributed by atoms with Gasteiger partial charge in [-0.2, -0.15) is 4.68 Å². The van der Waals surface area contributed by atoms with Crippen molar-refractivity contribution in [1.29, 1.82) is 0 Å². The predicted octanol–water partition coefficient (Wildman–Crippen LogP) is 0.799. The Hall–Kier alpha value is -2.14. The molecule has 1 amide bonds. The lowest BCUT2D eigenvalue weighted by Gasteiger charge is -2.23. The van der Waals surface area contributed by atoms with Crippen molar-refractivity contribution in [2.75, 3.05) is 30.9 Å². The van der Waals surface area contributed by atoms with E-state index in [1.165, 1.54) is 21.3 Å². The van der Waals surface area contributed by atoms with Crippen molar-refractivity contribution in [3.8, 4) is 11.4 Å². The Balaban J connectivity index is 1.68. The fraction of sp³-hybridized carbons (Fsp3) is 0.500. The first kappa shape index (κ1) is 19.6. The van der Waals surface area contributed by atoms with E-state index in [2.05, 4.69) is 15.5 Å². The van der Waals surface area contributed by atoms with Crippen LogP contribution < -0.4 is 4.74 Å². The van der Waals surface area contributed by atoms with Gasteiger partial charge in [0.05, 0.1) is 23.9 Å². The van der Waals surface area contributed by atoms with Crippen molar-refractivity contribution in [3.63, 3.8) is 0 Å². The number of rotatable bonds is 7. The van der Waals surface area contributed by atoms with Gasteiger partial charge in [-0.05, 0) is 35.9 Å². The maximum Gasteiger partial charge on any atom is 0.233 e. The predicted molar refractivity (Wildman–Crippen MR) is 101 cm³/mol. The second kappa shape index (κ2) is 8.26. The SMILES string of the molecule is CCOc1ccccc1-n1nnnc1SCC(=O)N(C)[C@@H]1CCS(=O)(=O)C1. The fourth-order valence-corrected chi connectivity index (χ4v) is 5.42. The molecule has 11 heteroatoms. The second-order valence-electron chi connectivity index (χ2n) is 6.12. The number of carbonyl (C=O) groups is 1. The summed E-state index contributed by atoms with van der Waals surface area (Å²) in [6.07, 6.45) is 0.481. The molecule has 1 aromatic carbocycles. The first-order chi connectivity index (χ1) is 12.9. The van der Waals surface area contributed by atoms with Gasteiger partial charge >= 0.3 is 0 Å². The van der Waals surface area contributed by atoms with E-state index in [1.54, 1.807) is 7.05 Å². The van der Waals surface area contributed by atoms with Crippen LogP contribution in [0.1, 0.15) is 13.3 Å². The van der Waals surface area contributed by atoms with Crippen molar-refractivity contribution in [2.24, 2.45) is 0 Å². The van der Waals surface area contributed by atoms with Crippen LogP contribution in [-0.4, -0.2) is 76.4 Å². The van der Waals surface area contributed by atoms with Gasteiger partial charge in [-0.3, -0.25) is 4.79 Å². The largest absolute Gasteiger partial charge is 0.492 e. The highest BCUT2D eigenvalue weighted by molar-refractivity contribution is 7.99. The quantitative estimate of drug-likeness (QED) is 0.616. The van der Waals surface area contributed by atoms with Gasteiger partial charge in [-0.25, -0.2) is 8.42 Å². The molecule has 0 unspecified atom stereocenters. The van der Waals surface area contributed by atoms with E-state index in [4.69, 9.17) is 4.74 Å². The number of tetrazole rings is 1. The number of amides is 1. The van der Waals surface area contributed by atoms with Crippen LogP contribution >= 0.6 is 11.8 Å². The van der Waals surface area contributed by atoms with Crippen molar-refractivity contribution in [3.05, 3.63) is 24.3 Å². The van der Waals surface area contributed by atoms with E-state index in [9.17, 15) is 13.2 Å². The molecule has 0 radical (unpaired) electrons. The molecule has 9 nitrogen and oxygen atoms in total. The number of para-hydroxylation sites is 2. The molecule has 3 rings (SSSR count). The minimum absolute atomic E-state index is 0.0272. The van der Waals surface area contributed by atoms with Gasteiger partial charge in [0.1, 0.15) is 11.4 Å². The molecule has 1 atom stereocenters. The maximum absolute atomic E-state index is 12.5. The standard InChI is InChI=1S/C16H21N5O4S2/c1-3-25-14-7-5-4-6-13(14)21-16(17-18-19-21)26-10-15(22)20(2)12-8-9-27(23,24)11-12/h4-7,12H,3,8-11H2,1-2H3/t12-/m1/s1. The Labute approximate surface area is 162 Å². The third kappa shape index (κ3) is 4.59. The number of carbonyl (C=O) groups excluding carboxylic acids is 1. The summed E-state index contributed by atoms with van der Waals surface area (Å²) >= 11 is 1.20. The summed E-state index contributed by atoms with van der Waals surface area (Å²) in [6, 6.07) is 7.11. The van der Waals surface area contributed by atoms with Crippen LogP contribution in [0.15, 0.2) is 29.4 Å². The Bertz CT molecular complexity index is 915. The molecular weight excluding hydrogens is 390 g/mol. The molecule has 1 aliphatic rings. The molecule has 146 valence electrons. The summed E-state index contributed by atoms with van der Waals surface area (Å²) in [6.45, 7) is 2.40. The summed E-state index contributed by atoms with van der Waals surface area (Å²) in [5.41, 5.74) is 0.689. The highest BCUT2D eigenvalue weighted by Crippen LogP contribution is 2.26. The second-order valence-corrected chi connectivity index (χ2v) is 9.30. The molecule has 27 heavy (non-hydrogen) atoms. The zero-order valence-electron chi connectivity index (χ0n) is 15.1. The van der Waals surface area contributed by atoms with Crippen LogP contribution in [0.5, 0.6) is 5.75 Å². The molecule has 0 N–H and O–H groups in total. The number of aromatic nitrogens is 4. The Morgan fingerprint density at radius 2 is 2.19 bits per heavy atom. The minimum Gasteiger partial charge on any atom is -0.492 e. The Morgan fingerprint density at radius 1 is 1.41 bits per heavy atom. The lowest BCUT2D eigenvalue weighted by Crippen LogP contribution is -2.38. The topological polar surface area (TPSA) is 107 Å². The summed E-state index contributed by atoms with van der Waals surface area (Å²) in [7, 11) is -1.40. The Kier molecular flexibility index (Phi) is 6.00. The highest BCUT2D eigenvalue weighted by Gasteiger charge is 2.32. The highest BCUT2D eigenvalue weighted by atomic mass is 32.2. The summed E-state index contributed by atoms with van der Waals surface area (Å²) < 4.78 is 30.4. The van der Waals surface area contributed by atoms with E-state index < -0.39 is 9.84 Å². The minimum atomic E-state index is -3.04. The zero-order chi connectivity index (χ0) is 19.4. The van der Waals surface area contributed by atoms with Gasteiger partial charge in [0.15, 0.2) is 9.84 Å². The van der Waals surface area contributed by atoms with E-state index in [0.717, 1.165) is 0 Å². The summed E-state index contributed by atoms with van der Waals surface area (Å²) in [4.78, 5) is 14.0. The molecule has 0 saturated carbocycles. The zero-order valence-corrected chi connectivity index (χ0v) is 16.7. The average molecular weight is 412 g/mol. The monoisotopic (exact) mass is 411 g/mol. The van der Waals surface area contributed by atoms with Crippen LogP contribution in [0.2, 0.25) is 0 Å². The van der Waals surface area contributed by atoms with Crippen molar-refractivity contribution in [2.45, 2.75) is 24.5 Å². The van der Waals surface area contributed by atoms with E-state index in [0.29, 0.717) is 29.6 Å². The fourth-order valence-electron chi connectivity index (χ4n) is 2.84. The smallest absolute Gasteiger partial charge is 0.233 e. The van der Waals surface area contributed by atoms with Gasteiger partial charge in [0.2, 0.25) is 11.1 Å². The van der Waals surface area contributed by atoms with Crippen LogP contribution in [0.25, 0.3) is 5.69 Å². The van der Waals surface area contributed by atoms with Gasteiger partial charge in [0.25, 0.3) is 0 Å². The molecule has 2 heterocycles. The van der Waals surface area contributed by atoms with Gasteiger partial charge in [-0.1, -0.05) is 23.9 Å². The number of nitrogens with zero attached hydrogens (tertiary/aromatic N) is 5. The van der Waals surface area contributed by atoms with Crippen LogP contribution in [-0.2, 0) is 14.6 Å². The molecule has 0 bridgehead atoms. The lowest BCUT2D eigenvalue weighted by molar-refractivity contribution is -0.128. The number of thioether (sulfide) groups is 1. The summed E-state index contributed by atoms with van der Waals surface area (Å²) in [5.74, 6) is 0.766. The van der Waals surface area contributed by atoms with Gasteiger partial charge < -0.3 is 9.64 Å². The van der Waals surface area contributed by atoms with Crippen molar-refractivity contribution in [1.82, 2.24) is 25.1 Å². The molecule has 1 fully saturated rings. The average Bonchev–Trinajstić information content (AvgIpc) is 3.25. The van der Waals surface area contributed by atoms with Gasteiger partial charge in [0, 0.05) is 13.1 Å². The number of sulfone groups is 1. The van der Waals surface area contributed by atoms with Crippen molar-refractivity contribution >= 4 is 27.5 Å². The molecule has 1 saturated heterocycles. The van der Waals surface area contributed by atoms with Crippen molar-refractivity contribution < 1.29 is 17.9 Å². The normalized spacial score (nSPS) is 18.4. The third-order valence-corrected chi connectivity index (χ3v) is 6.96. The van der Waals surface area contributed by atoms with E-state index >= 15 is 0 Å². The van der Waals surface area contributed by atoms with Crippen LogP contribution in [0.4, 0.5) is 0 Å². The molecule has 2 aromatic rings. The van der Waals surface area contributed by atoms with Crippen LogP contribution in [0.3, 0.4) is 0 Å². The molecule has 0 aliphatic carbocycles. The first-order valence-corrected chi connectivity index (χ1v) is 11.3. The summed E-state index contributed by atoms with van der Waals surface area (Å²) in [5, 5.41) is 12.1. The van der Waals surface area contributed by atoms with Gasteiger partial charge in [-0.15, -0.1) is 5.10 Å². The van der Waals surface area contributed by atoms with Crippen LogP contribution in [0, 0.1) is 0 Å². The number of ether oxygens (including phenoxy) is 1. The lowest BCUT2D eigenvalue weighted by atomic mass is 10.2. The van der Waals surface area contributed by atoms with E-state index in [-0.39, 0.29) is 29.2 Å². The molecule has 1 aliphatic heterocycles. The molecule has 0 spiro atoms. The maximum atomic E-state index is 12.5. The number of hydrogen-bond acceptors (Lipinski definition) is 8. The third-order valence-electron chi connectivity index (χ3n) is 4.31. The number of benzene rings is 1. The Morgan fingerprint density at radius 3 is 2.89 bits per heavy atom. The van der Waals surface area contributed by atoms with E-state index in [1.807, 2.05) is 31.2 Å². The number of hydrogen-bond donors (Lipinski definition) is 0. The molecular formula is C16H21N5O4S2. The molecule has 1 aromatic heterocycles. The first-order valence-electron chi connectivity index (χ1n) is 8.50.